The molecule has 1 atom stereocenters. The Morgan fingerprint density at radius 1 is 1.06 bits per heavy atom. The maximum absolute atomic E-state index is 13.0. The van der Waals surface area contributed by atoms with Gasteiger partial charge in [-0.25, -0.2) is 4.79 Å². The standard InChI is InChI=1S/C21H17F3N4O5/c1-20(13-5-9-15(10-6-13)32-21(22,23)24)18(29)28(19(30)26-20)11-16-25-17(33-27-16)12-3-7-14(31-2)8-4-12/h3-10H,11H2,1-2H3,(H,26,30). The van der Waals surface area contributed by atoms with E-state index >= 15 is 0 Å². The summed E-state index contributed by atoms with van der Waals surface area (Å²) in [6.07, 6.45) is -4.84. The normalized spacial score (nSPS) is 18.4. The Bertz CT molecular complexity index is 1180. The molecule has 1 N–H and O–H groups in total. The topological polar surface area (TPSA) is 107 Å². The molecule has 9 nitrogen and oxygen atoms in total. The van der Waals surface area contributed by atoms with Crippen molar-refractivity contribution in [1.82, 2.24) is 20.4 Å². The molecule has 0 saturated carbocycles. The lowest BCUT2D eigenvalue weighted by atomic mass is 9.92. The zero-order chi connectivity index (χ0) is 23.8. The second kappa shape index (κ2) is 8.11. The van der Waals surface area contributed by atoms with Crippen molar-refractivity contribution in [2.45, 2.75) is 25.4 Å². The van der Waals surface area contributed by atoms with Crippen LogP contribution in [0.1, 0.15) is 18.3 Å². The molecule has 1 fully saturated rings. The first-order chi connectivity index (χ1) is 15.6. The number of amides is 3. The van der Waals surface area contributed by atoms with Gasteiger partial charge in [-0.3, -0.25) is 9.69 Å². The van der Waals surface area contributed by atoms with Gasteiger partial charge in [0.2, 0.25) is 0 Å². The highest BCUT2D eigenvalue weighted by Crippen LogP contribution is 2.32. The first-order valence-electron chi connectivity index (χ1n) is 9.56. The SMILES string of the molecule is COc1ccc(-c2nc(CN3C(=O)NC(C)(c4ccc(OC(F)(F)F)cc4)C3=O)no2)cc1. The van der Waals surface area contributed by atoms with Gasteiger partial charge in [0.05, 0.1) is 13.7 Å². The molecular formula is C21H17F3N4O5. The van der Waals surface area contributed by atoms with Crippen LogP contribution in [0.25, 0.3) is 11.5 Å². The third-order valence-corrected chi connectivity index (χ3v) is 5.04. The average Bonchev–Trinajstić information content (AvgIpc) is 3.32. The van der Waals surface area contributed by atoms with E-state index in [1.807, 2.05) is 0 Å². The molecule has 1 aliphatic heterocycles. The quantitative estimate of drug-likeness (QED) is 0.558. The third-order valence-electron chi connectivity index (χ3n) is 5.04. The van der Waals surface area contributed by atoms with E-state index in [0.717, 1.165) is 17.0 Å². The van der Waals surface area contributed by atoms with E-state index in [-0.39, 0.29) is 23.8 Å². The number of urea groups is 1. The van der Waals surface area contributed by atoms with Crippen molar-refractivity contribution in [2.24, 2.45) is 0 Å². The number of imide groups is 1. The highest BCUT2D eigenvalue weighted by atomic mass is 19.4. The van der Waals surface area contributed by atoms with Gasteiger partial charge in [0.25, 0.3) is 11.8 Å². The van der Waals surface area contributed by atoms with Crippen molar-refractivity contribution >= 4 is 11.9 Å². The molecule has 1 unspecified atom stereocenters. The summed E-state index contributed by atoms with van der Waals surface area (Å²) in [5.74, 6) is -0.116. The summed E-state index contributed by atoms with van der Waals surface area (Å²) in [6, 6.07) is 10.8. The number of methoxy groups -OCH3 is 1. The summed E-state index contributed by atoms with van der Waals surface area (Å²) >= 11 is 0. The van der Waals surface area contributed by atoms with E-state index in [9.17, 15) is 22.8 Å². The average molecular weight is 462 g/mol. The molecule has 172 valence electrons. The predicted molar refractivity (Wildman–Crippen MR) is 106 cm³/mol. The number of hydrogen-bond donors (Lipinski definition) is 1. The molecule has 0 spiro atoms. The Balaban J connectivity index is 1.50. The number of alkyl halides is 3. The molecule has 0 aliphatic carbocycles. The molecule has 1 aromatic heterocycles. The fraction of sp³-hybridized carbons (Fsp3) is 0.238. The van der Waals surface area contributed by atoms with Gasteiger partial charge in [0, 0.05) is 5.56 Å². The first-order valence-corrected chi connectivity index (χ1v) is 9.56. The van der Waals surface area contributed by atoms with Gasteiger partial charge in [-0.2, -0.15) is 4.98 Å². The molecule has 3 amide bonds. The maximum Gasteiger partial charge on any atom is 0.573 e. The number of ether oxygens (including phenoxy) is 2. The minimum absolute atomic E-state index is 0.0995. The summed E-state index contributed by atoms with van der Waals surface area (Å²) in [7, 11) is 1.54. The monoisotopic (exact) mass is 462 g/mol. The summed E-state index contributed by atoms with van der Waals surface area (Å²) in [5, 5.41) is 6.38. The molecule has 33 heavy (non-hydrogen) atoms. The Hall–Kier alpha value is -4.09. The highest BCUT2D eigenvalue weighted by Gasteiger charge is 2.49. The lowest BCUT2D eigenvalue weighted by Gasteiger charge is -2.22. The number of halogens is 3. The van der Waals surface area contributed by atoms with Gasteiger partial charge in [-0.05, 0) is 48.9 Å². The van der Waals surface area contributed by atoms with Crippen LogP contribution < -0.4 is 14.8 Å². The minimum atomic E-state index is -4.84. The number of nitrogens with one attached hydrogen (secondary N) is 1. The third kappa shape index (κ3) is 4.45. The van der Waals surface area contributed by atoms with Gasteiger partial charge in [-0.15, -0.1) is 13.2 Å². The van der Waals surface area contributed by atoms with Crippen molar-refractivity contribution in [2.75, 3.05) is 7.11 Å². The fourth-order valence-electron chi connectivity index (χ4n) is 3.34. The van der Waals surface area contributed by atoms with Crippen LogP contribution >= 0.6 is 0 Å². The Kier molecular flexibility index (Phi) is 5.44. The lowest BCUT2D eigenvalue weighted by Crippen LogP contribution is -2.40. The number of hydrogen-bond acceptors (Lipinski definition) is 7. The number of nitrogens with zero attached hydrogens (tertiary/aromatic N) is 3. The molecule has 1 saturated heterocycles. The van der Waals surface area contributed by atoms with Gasteiger partial charge < -0.3 is 19.3 Å². The van der Waals surface area contributed by atoms with Gasteiger partial charge in [0.1, 0.15) is 17.0 Å². The zero-order valence-electron chi connectivity index (χ0n) is 17.3. The summed E-state index contributed by atoms with van der Waals surface area (Å²) in [5.41, 5.74) is -0.584. The van der Waals surface area contributed by atoms with Gasteiger partial charge in [-0.1, -0.05) is 17.3 Å². The van der Waals surface area contributed by atoms with E-state index in [1.165, 1.54) is 26.2 Å². The van der Waals surface area contributed by atoms with Crippen LogP contribution in [-0.2, 0) is 16.9 Å². The zero-order valence-corrected chi connectivity index (χ0v) is 17.3. The second-order valence-corrected chi connectivity index (χ2v) is 7.26. The van der Waals surface area contributed by atoms with E-state index in [1.54, 1.807) is 24.3 Å². The first kappa shape index (κ1) is 22.1. The van der Waals surface area contributed by atoms with E-state index < -0.39 is 29.6 Å². The maximum atomic E-state index is 13.0. The van der Waals surface area contributed by atoms with Gasteiger partial charge >= 0.3 is 12.4 Å². The number of carbonyl (C=O) groups excluding carboxylic acids is 2. The van der Waals surface area contributed by atoms with Crippen LogP contribution in [0.3, 0.4) is 0 Å². The Labute approximate surface area is 185 Å². The smallest absolute Gasteiger partial charge is 0.497 e. The van der Waals surface area contributed by atoms with Gasteiger partial charge in [0.15, 0.2) is 5.82 Å². The van der Waals surface area contributed by atoms with Crippen LogP contribution in [0, 0.1) is 0 Å². The van der Waals surface area contributed by atoms with Crippen LogP contribution in [-0.4, -0.2) is 40.5 Å². The van der Waals surface area contributed by atoms with E-state index in [4.69, 9.17) is 9.26 Å². The Morgan fingerprint density at radius 2 is 1.70 bits per heavy atom. The molecule has 0 bridgehead atoms. The van der Waals surface area contributed by atoms with Crippen molar-refractivity contribution in [3.05, 3.63) is 59.9 Å². The Morgan fingerprint density at radius 3 is 2.30 bits per heavy atom. The van der Waals surface area contributed by atoms with Crippen LogP contribution in [0.4, 0.5) is 18.0 Å². The fourth-order valence-corrected chi connectivity index (χ4v) is 3.34. The summed E-state index contributed by atoms with van der Waals surface area (Å²) < 4.78 is 51.3. The van der Waals surface area contributed by atoms with Crippen molar-refractivity contribution < 1.29 is 36.8 Å². The number of benzene rings is 2. The molecule has 2 heterocycles. The number of carbonyl (C=O) groups is 2. The van der Waals surface area contributed by atoms with Crippen LogP contribution in [0.15, 0.2) is 53.1 Å². The largest absolute Gasteiger partial charge is 0.573 e. The van der Waals surface area contributed by atoms with E-state index in [0.29, 0.717) is 11.3 Å². The summed E-state index contributed by atoms with van der Waals surface area (Å²) in [6.45, 7) is 1.20. The van der Waals surface area contributed by atoms with Crippen molar-refractivity contribution in [3.8, 4) is 23.0 Å². The molecular weight excluding hydrogens is 445 g/mol. The highest BCUT2D eigenvalue weighted by molar-refractivity contribution is 6.07. The number of rotatable bonds is 6. The second-order valence-electron chi connectivity index (χ2n) is 7.26. The molecule has 3 aromatic rings. The molecule has 2 aromatic carbocycles. The lowest BCUT2D eigenvalue weighted by molar-refractivity contribution is -0.274. The van der Waals surface area contributed by atoms with Crippen LogP contribution in [0.5, 0.6) is 11.5 Å². The van der Waals surface area contributed by atoms with E-state index in [2.05, 4.69) is 20.2 Å². The minimum Gasteiger partial charge on any atom is -0.497 e. The molecule has 12 heteroatoms. The molecule has 0 radical (unpaired) electrons. The van der Waals surface area contributed by atoms with Crippen molar-refractivity contribution in [1.29, 1.82) is 0 Å². The number of aromatic nitrogens is 2. The van der Waals surface area contributed by atoms with Crippen LogP contribution in [0.2, 0.25) is 0 Å². The molecule has 4 rings (SSSR count). The van der Waals surface area contributed by atoms with Crippen molar-refractivity contribution in [3.63, 3.8) is 0 Å². The predicted octanol–water partition coefficient (Wildman–Crippen LogP) is 3.61. The molecule has 1 aliphatic rings. The summed E-state index contributed by atoms with van der Waals surface area (Å²) in [4.78, 5) is 30.7.